The van der Waals surface area contributed by atoms with Crippen LogP contribution in [-0.2, 0) is 35.5 Å². The SMILES string of the molecule is O=C(O)C(F)(F)F.O=C(O)C(F)(F)F.O=S1(=O)CCC(COCc2cccnc2)C12CN(C1CCOCC1)C2. The molecule has 4 heterocycles. The highest BCUT2D eigenvalue weighted by Crippen LogP contribution is 2.46. The Balaban J connectivity index is 0.000000317. The van der Waals surface area contributed by atoms with Crippen LogP contribution in [0.5, 0.6) is 0 Å². The first-order chi connectivity index (χ1) is 18.0. The van der Waals surface area contributed by atoms with Gasteiger partial charge < -0.3 is 19.7 Å². The molecule has 1 aromatic heterocycles. The number of nitrogens with zero attached hydrogens (tertiary/aromatic N) is 2. The number of halogens is 6. The summed E-state index contributed by atoms with van der Waals surface area (Å²) in [5, 5.41) is 14.2. The van der Waals surface area contributed by atoms with Crippen LogP contribution in [0.25, 0.3) is 0 Å². The van der Waals surface area contributed by atoms with E-state index in [1.54, 1.807) is 12.4 Å². The molecule has 0 radical (unpaired) electrons. The van der Waals surface area contributed by atoms with Gasteiger partial charge in [0, 0.05) is 50.7 Å². The van der Waals surface area contributed by atoms with Gasteiger partial charge in [-0.25, -0.2) is 18.0 Å². The predicted octanol–water partition coefficient (Wildman–Crippen LogP) is 2.53. The number of hydrogen-bond acceptors (Lipinski definition) is 8. The Labute approximate surface area is 219 Å². The number of likely N-dealkylation sites (tertiary alicyclic amines) is 1. The first-order valence-electron chi connectivity index (χ1n) is 11.6. The summed E-state index contributed by atoms with van der Waals surface area (Å²) in [6, 6.07) is 4.34. The maximum atomic E-state index is 12.7. The molecule has 0 aliphatic carbocycles. The Morgan fingerprint density at radius 2 is 1.59 bits per heavy atom. The molecule has 0 amide bonds. The third kappa shape index (κ3) is 9.01. The lowest BCUT2D eigenvalue weighted by Gasteiger charge is -2.53. The fourth-order valence-electron chi connectivity index (χ4n) is 4.46. The first-order valence-corrected chi connectivity index (χ1v) is 13.3. The van der Waals surface area contributed by atoms with Crippen molar-refractivity contribution < 1.29 is 64.0 Å². The van der Waals surface area contributed by atoms with E-state index < -0.39 is 38.9 Å². The zero-order valence-corrected chi connectivity index (χ0v) is 21.3. The van der Waals surface area contributed by atoms with Crippen molar-refractivity contribution >= 4 is 21.8 Å². The number of ether oxygens (including phenoxy) is 2. The van der Waals surface area contributed by atoms with Gasteiger partial charge in [0.25, 0.3) is 0 Å². The molecule has 17 heteroatoms. The molecule has 2 N–H and O–H groups in total. The van der Waals surface area contributed by atoms with Crippen molar-refractivity contribution in [2.45, 2.75) is 49.0 Å². The van der Waals surface area contributed by atoms with Crippen LogP contribution in [0.3, 0.4) is 0 Å². The minimum atomic E-state index is -5.08. The molecule has 1 spiro atoms. The molecule has 1 atom stereocenters. The second-order valence-corrected chi connectivity index (χ2v) is 11.6. The van der Waals surface area contributed by atoms with E-state index in [1.165, 1.54) is 0 Å². The van der Waals surface area contributed by atoms with Gasteiger partial charge in [-0.1, -0.05) is 6.07 Å². The second kappa shape index (κ2) is 13.2. The fraction of sp³-hybridized carbons (Fsp3) is 0.682. The Hall–Kier alpha value is -2.50. The number of rotatable bonds is 5. The summed E-state index contributed by atoms with van der Waals surface area (Å²) < 4.78 is 99.6. The van der Waals surface area contributed by atoms with E-state index >= 15 is 0 Å². The van der Waals surface area contributed by atoms with E-state index in [1.807, 2.05) is 12.1 Å². The first kappa shape index (κ1) is 32.7. The maximum Gasteiger partial charge on any atom is 0.490 e. The molecule has 1 aromatic rings. The third-order valence-electron chi connectivity index (χ3n) is 6.54. The van der Waals surface area contributed by atoms with Crippen molar-refractivity contribution in [2.24, 2.45) is 5.92 Å². The summed E-state index contributed by atoms with van der Waals surface area (Å²) in [6.45, 7) is 3.92. The van der Waals surface area contributed by atoms with Gasteiger partial charge in [0.1, 0.15) is 4.75 Å². The van der Waals surface area contributed by atoms with E-state index in [0.717, 1.165) is 38.0 Å². The van der Waals surface area contributed by atoms with Crippen molar-refractivity contribution in [2.75, 3.05) is 38.7 Å². The van der Waals surface area contributed by atoms with E-state index in [2.05, 4.69) is 9.88 Å². The van der Waals surface area contributed by atoms with E-state index in [-0.39, 0.29) is 5.92 Å². The number of hydrogen-bond donors (Lipinski definition) is 2. The Morgan fingerprint density at radius 3 is 2.05 bits per heavy atom. The van der Waals surface area contributed by atoms with Gasteiger partial charge in [0.05, 0.1) is 19.0 Å². The molecule has 0 saturated carbocycles. The van der Waals surface area contributed by atoms with Crippen LogP contribution in [0.4, 0.5) is 26.3 Å². The largest absolute Gasteiger partial charge is 0.490 e. The predicted molar refractivity (Wildman–Crippen MR) is 121 cm³/mol. The van der Waals surface area contributed by atoms with Crippen LogP contribution in [0.2, 0.25) is 0 Å². The van der Waals surface area contributed by atoms with Crippen LogP contribution in [0.15, 0.2) is 24.5 Å². The average Bonchev–Trinajstić information content (AvgIpc) is 3.09. The number of sulfone groups is 1. The molecule has 3 fully saturated rings. The van der Waals surface area contributed by atoms with Crippen molar-refractivity contribution in [3.8, 4) is 0 Å². The number of carboxylic acid groups (broad SMARTS) is 2. The van der Waals surface area contributed by atoms with Gasteiger partial charge in [0.15, 0.2) is 9.84 Å². The molecule has 3 aliphatic heterocycles. The highest BCUT2D eigenvalue weighted by atomic mass is 32.2. The number of carbonyl (C=O) groups is 2. The highest BCUT2D eigenvalue weighted by Gasteiger charge is 2.62. The number of aromatic nitrogens is 1. The average molecular weight is 595 g/mol. The summed E-state index contributed by atoms with van der Waals surface area (Å²) >= 11 is 0. The molecule has 222 valence electrons. The fourth-order valence-corrected chi connectivity index (χ4v) is 6.88. The van der Waals surface area contributed by atoms with Crippen LogP contribution < -0.4 is 0 Å². The highest BCUT2D eigenvalue weighted by molar-refractivity contribution is 7.93. The normalized spacial score (nSPS) is 22.6. The third-order valence-corrected chi connectivity index (χ3v) is 9.15. The summed E-state index contributed by atoms with van der Waals surface area (Å²) in [5.74, 6) is -5.11. The summed E-state index contributed by atoms with van der Waals surface area (Å²) in [6.07, 6.45) is -3.90. The van der Waals surface area contributed by atoms with Gasteiger partial charge in [-0.3, -0.25) is 9.88 Å². The van der Waals surface area contributed by atoms with Crippen LogP contribution in [0, 0.1) is 5.92 Å². The number of alkyl halides is 6. The minimum absolute atomic E-state index is 0.102. The lowest BCUT2D eigenvalue weighted by Crippen LogP contribution is -2.70. The molecule has 1 unspecified atom stereocenters. The summed E-state index contributed by atoms with van der Waals surface area (Å²) in [5.41, 5.74) is 1.02. The number of carboxylic acids is 2. The molecule has 39 heavy (non-hydrogen) atoms. The summed E-state index contributed by atoms with van der Waals surface area (Å²) in [4.78, 5) is 24.2. The molecule has 10 nitrogen and oxygen atoms in total. The zero-order chi connectivity index (χ0) is 29.5. The van der Waals surface area contributed by atoms with Crippen molar-refractivity contribution in [3.63, 3.8) is 0 Å². The molecule has 3 saturated heterocycles. The molecule has 0 aromatic carbocycles. The van der Waals surface area contributed by atoms with Crippen molar-refractivity contribution in [3.05, 3.63) is 30.1 Å². The van der Waals surface area contributed by atoms with E-state index in [4.69, 9.17) is 29.3 Å². The van der Waals surface area contributed by atoms with Crippen LogP contribution in [-0.4, -0.2) is 102 Å². The topological polar surface area (TPSA) is 143 Å². The van der Waals surface area contributed by atoms with E-state index in [0.29, 0.717) is 38.1 Å². The molecule has 4 rings (SSSR count). The van der Waals surface area contributed by atoms with Gasteiger partial charge >= 0.3 is 24.3 Å². The minimum Gasteiger partial charge on any atom is -0.475 e. The monoisotopic (exact) mass is 594 g/mol. The molecular weight excluding hydrogens is 566 g/mol. The molecular formula is C22H28F6N2O8S. The van der Waals surface area contributed by atoms with Crippen LogP contribution in [0.1, 0.15) is 24.8 Å². The van der Waals surface area contributed by atoms with Gasteiger partial charge in [-0.2, -0.15) is 26.3 Å². The Morgan fingerprint density at radius 1 is 1.05 bits per heavy atom. The lowest BCUT2D eigenvalue weighted by molar-refractivity contribution is -0.193. The Kier molecular flexibility index (Phi) is 11.1. The molecule has 3 aliphatic rings. The van der Waals surface area contributed by atoms with Crippen LogP contribution >= 0.6 is 0 Å². The maximum absolute atomic E-state index is 12.7. The smallest absolute Gasteiger partial charge is 0.475 e. The van der Waals surface area contributed by atoms with Gasteiger partial charge in [-0.15, -0.1) is 0 Å². The van der Waals surface area contributed by atoms with Crippen molar-refractivity contribution in [1.29, 1.82) is 0 Å². The van der Waals surface area contributed by atoms with Crippen molar-refractivity contribution in [1.82, 2.24) is 9.88 Å². The summed E-state index contributed by atoms with van der Waals surface area (Å²) in [7, 11) is -3.03. The van der Waals surface area contributed by atoms with E-state index in [9.17, 15) is 34.8 Å². The Bertz CT molecular complexity index is 1030. The quantitative estimate of drug-likeness (QED) is 0.488. The number of pyridine rings is 1. The second-order valence-electron chi connectivity index (χ2n) is 9.10. The molecule has 0 bridgehead atoms. The van der Waals surface area contributed by atoms with Gasteiger partial charge in [0.2, 0.25) is 0 Å². The standard InChI is InChI=1S/C18H26N2O4S.2C2HF3O2/c21-25(22)9-5-16(12-24-11-15-2-1-6-19-10-15)18(25)13-20(14-18)17-3-7-23-8-4-17;2*3-2(4,5)1(6)7/h1-2,6,10,16-17H,3-5,7-9,11-14H2;2*(H,6,7). The lowest BCUT2D eigenvalue weighted by atomic mass is 9.82. The zero-order valence-electron chi connectivity index (χ0n) is 20.4. The van der Waals surface area contributed by atoms with Gasteiger partial charge in [-0.05, 0) is 30.9 Å². The number of aliphatic carboxylic acids is 2.